The van der Waals surface area contributed by atoms with E-state index in [1.807, 2.05) is 0 Å². The highest BCUT2D eigenvalue weighted by atomic mass is 16.3. The number of carbonyl (C=O) groups excluding carboxylic acids is 2. The molecule has 0 amide bonds. The van der Waals surface area contributed by atoms with E-state index in [2.05, 4.69) is 0 Å². The zero-order valence-corrected chi connectivity index (χ0v) is 6.15. The Morgan fingerprint density at radius 2 is 1.83 bits per heavy atom. The molecule has 0 saturated carbocycles. The zero-order chi connectivity index (χ0) is 8.97. The number of aliphatic hydroxyl groups excluding tert-OH is 1. The average molecular weight is 162 g/mol. The molecule has 1 aromatic carbocycles. The molecule has 12 heavy (non-hydrogen) atoms. The second kappa shape index (κ2) is 3.51. The van der Waals surface area contributed by atoms with Crippen molar-refractivity contribution in [3.63, 3.8) is 0 Å². The third-order valence-corrected chi connectivity index (χ3v) is 1.35. The van der Waals surface area contributed by atoms with E-state index in [1.165, 1.54) is 12.1 Å². The lowest BCUT2D eigenvalue weighted by Crippen LogP contribution is -2.02. The standard InChI is InChI=1S/C9H6O3/c10-6-8(11)9(12)7-4-2-1-3-5-7/h1-5,11H. The number of ketones is 1. The number of hydrogen-bond donors (Lipinski definition) is 1. The number of carbonyl (C=O) groups is 1. The summed E-state index contributed by atoms with van der Waals surface area (Å²) in [7, 11) is 0. The normalized spacial score (nSPS) is 8.67. The highest BCUT2D eigenvalue weighted by molar-refractivity contribution is 6.11. The van der Waals surface area contributed by atoms with Crippen LogP contribution in [0.4, 0.5) is 0 Å². The van der Waals surface area contributed by atoms with E-state index in [0.717, 1.165) is 5.94 Å². The van der Waals surface area contributed by atoms with Crippen LogP contribution in [-0.2, 0) is 4.79 Å². The molecule has 0 aliphatic rings. The minimum atomic E-state index is -0.888. The average Bonchev–Trinajstić information content (AvgIpc) is 2.17. The van der Waals surface area contributed by atoms with Gasteiger partial charge in [-0.1, -0.05) is 30.3 Å². The Hall–Kier alpha value is -1.86. The first-order valence-electron chi connectivity index (χ1n) is 3.29. The molecule has 0 radical (unpaired) electrons. The molecule has 0 aromatic heterocycles. The molecule has 0 spiro atoms. The van der Waals surface area contributed by atoms with Gasteiger partial charge in [0.15, 0.2) is 5.94 Å². The van der Waals surface area contributed by atoms with Gasteiger partial charge in [0, 0.05) is 5.56 Å². The van der Waals surface area contributed by atoms with Crippen molar-refractivity contribution in [2.45, 2.75) is 0 Å². The Kier molecular flexibility index (Phi) is 2.41. The van der Waals surface area contributed by atoms with Crippen LogP contribution in [0.15, 0.2) is 36.1 Å². The van der Waals surface area contributed by atoms with Gasteiger partial charge >= 0.3 is 0 Å². The van der Waals surface area contributed by atoms with Gasteiger partial charge in [-0.15, -0.1) is 0 Å². The summed E-state index contributed by atoms with van der Waals surface area (Å²) in [5, 5.41) is 8.72. The van der Waals surface area contributed by atoms with E-state index in [-0.39, 0.29) is 5.56 Å². The van der Waals surface area contributed by atoms with Crippen LogP contribution in [0.3, 0.4) is 0 Å². The van der Waals surface area contributed by atoms with E-state index in [4.69, 9.17) is 5.11 Å². The van der Waals surface area contributed by atoms with E-state index in [0.29, 0.717) is 0 Å². The molecular formula is C9H6O3. The molecule has 0 heterocycles. The second-order valence-electron chi connectivity index (χ2n) is 2.15. The van der Waals surface area contributed by atoms with Gasteiger partial charge in [-0.3, -0.25) is 4.79 Å². The Balaban J connectivity index is 3.02. The summed E-state index contributed by atoms with van der Waals surface area (Å²) in [5.74, 6) is -0.455. The lowest BCUT2D eigenvalue weighted by atomic mass is 10.1. The third kappa shape index (κ3) is 1.59. The highest BCUT2D eigenvalue weighted by Crippen LogP contribution is 2.02. The van der Waals surface area contributed by atoms with Gasteiger partial charge in [-0.25, -0.2) is 4.79 Å². The van der Waals surface area contributed by atoms with Crippen LogP contribution < -0.4 is 0 Å². The molecular weight excluding hydrogens is 156 g/mol. The number of allylic oxidation sites excluding steroid dienone is 1. The fourth-order valence-electron chi connectivity index (χ4n) is 0.773. The van der Waals surface area contributed by atoms with Crippen LogP contribution >= 0.6 is 0 Å². The summed E-state index contributed by atoms with van der Waals surface area (Å²) < 4.78 is 0. The molecule has 1 N–H and O–H groups in total. The smallest absolute Gasteiger partial charge is 0.250 e. The van der Waals surface area contributed by atoms with Crippen LogP contribution in [0.2, 0.25) is 0 Å². The maximum absolute atomic E-state index is 11.0. The Bertz CT molecular complexity index is 334. The van der Waals surface area contributed by atoms with Gasteiger partial charge in [0.25, 0.3) is 0 Å². The zero-order valence-electron chi connectivity index (χ0n) is 6.15. The molecule has 0 saturated heterocycles. The van der Waals surface area contributed by atoms with Crippen molar-refractivity contribution < 1.29 is 14.7 Å². The van der Waals surface area contributed by atoms with Gasteiger partial charge in [0.1, 0.15) is 0 Å². The maximum Gasteiger partial charge on any atom is 0.250 e. The SMILES string of the molecule is O=C=C(O)C(=O)c1ccccc1. The predicted molar refractivity (Wildman–Crippen MR) is 42.6 cm³/mol. The van der Waals surface area contributed by atoms with E-state index >= 15 is 0 Å². The van der Waals surface area contributed by atoms with E-state index < -0.39 is 11.5 Å². The van der Waals surface area contributed by atoms with Crippen molar-refractivity contribution in [1.82, 2.24) is 0 Å². The first kappa shape index (κ1) is 8.24. The van der Waals surface area contributed by atoms with Gasteiger partial charge in [0.05, 0.1) is 0 Å². The summed E-state index contributed by atoms with van der Waals surface area (Å²) in [6.45, 7) is 0. The van der Waals surface area contributed by atoms with E-state index in [9.17, 15) is 9.59 Å². The third-order valence-electron chi connectivity index (χ3n) is 1.35. The minimum absolute atomic E-state index is 0.276. The lowest BCUT2D eigenvalue weighted by molar-refractivity contribution is 0.0981. The number of rotatable bonds is 2. The van der Waals surface area contributed by atoms with Crippen molar-refractivity contribution >= 4 is 11.7 Å². The number of benzene rings is 1. The number of aliphatic hydroxyl groups is 1. The van der Waals surface area contributed by atoms with Crippen molar-refractivity contribution in [3.8, 4) is 0 Å². The molecule has 1 aromatic rings. The van der Waals surface area contributed by atoms with Crippen molar-refractivity contribution in [2.24, 2.45) is 0 Å². The van der Waals surface area contributed by atoms with Crippen molar-refractivity contribution in [1.29, 1.82) is 0 Å². The minimum Gasteiger partial charge on any atom is -0.496 e. The predicted octanol–water partition coefficient (Wildman–Crippen LogP) is 1.14. The topological polar surface area (TPSA) is 54.4 Å². The van der Waals surface area contributed by atoms with Crippen molar-refractivity contribution in [2.75, 3.05) is 0 Å². The van der Waals surface area contributed by atoms with Crippen LogP contribution in [0.1, 0.15) is 10.4 Å². The molecule has 0 atom stereocenters. The first-order valence-corrected chi connectivity index (χ1v) is 3.29. The van der Waals surface area contributed by atoms with Crippen LogP contribution in [0, 0.1) is 0 Å². The highest BCUT2D eigenvalue weighted by Gasteiger charge is 2.10. The summed E-state index contributed by atoms with van der Waals surface area (Å²) in [4.78, 5) is 20.9. The van der Waals surface area contributed by atoms with Crippen LogP contribution in [-0.4, -0.2) is 16.8 Å². The Morgan fingerprint density at radius 1 is 1.25 bits per heavy atom. The fraction of sp³-hybridized carbons (Fsp3) is 0. The molecule has 3 heteroatoms. The quantitative estimate of drug-likeness (QED) is 0.307. The largest absolute Gasteiger partial charge is 0.496 e. The van der Waals surface area contributed by atoms with Gasteiger partial charge < -0.3 is 5.11 Å². The molecule has 3 nitrogen and oxygen atoms in total. The number of hydrogen-bond acceptors (Lipinski definition) is 3. The molecule has 0 bridgehead atoms. The number of Topliss-reactive ketones (excluding diaryl/α,β-unsaturated/α-hetero) is 1. The first-order chi connectivity index (χ1) is 5.75. The Morgan fingerprint density at radius 3 is 2.33 bits per heavy atom. The summed E-state index contributed by atoms with van der Waals surface area (Å²) in [6, 6.07) is 8.04. The molecule has 60 valence electrons. The monoisotopic (exact) mass is 162 g/mol. The molecule has 0 aliphatic heterocycles. The summed E-state index contributed by atoms with van der Waals surface area (Å²) in [5.41, 5.74) is 0.276. The van der Waals surface area contributed by atoms with Crippen LogP contribution in [0.25, 0.3) is 0 Å². The van der Waals surface area contributed by atoms with Crippen molar-refractivity contribution in [3.05, 3.63) is 41.7 Å². The second-order valence-corrected chi connectivity index (χ2v) is 2.15. The Labute approximate surface area is 69.0 Å². The molecule has 0 unspecified atom stereocenters. The van der Waals surface area contributed by atoms with E-state index in [1.54, 1.807) is 18.2 Å². The molecule has 0 aliphatic carbocycles. The molecule has 1 rings (SSSR count). The fourth-order valence-corrected chi connectivity index (χ4v) is 0.773. The summed E-state index contributed by atoms with van der Waals surface area (Å²) in [6.07, 6.45) is 0. The van der Waals surface area contributed by atoms with Gasteiger partial charge in [-0.05, 0) is 0 Å². The van der Waals surface area contributed by atoms with Gasteiger partial charge in [0.2, 0.25) is 11.5 Å². The lowest BCUT2D eigenvalue weighted by Gasteiger charge is -1.94. The van der Waals surface area contributed by atoms with Crippen LogP contribution in [0.5, 0.6) is 0 Å². The van der Waals surface area contributed by atoms with Gasteiger partial charge in [-0.2, -0.15) is 0 Å². The summed E-state index contributed by atoms with van der Waals surface area (Å²) >= 11 is 0. The molecule has 0 fully saturated rings. The maximum atomic E-state index is 11.0.